The zero-order valence-electron chi connectivity index (χ0n) is 13.7. The Morgan fingerprint density at radius 1 is 0.955 bits per heavy atom. The van der Waals surface area contributed by atoms with Gasteiger partial charge < -0.3 is 19.3 Å². The standard InChI is InChI=1S/C18H28O4/c1-14(19)20-12-16-8-10-17(11-9-16)13-21-15(2)22-18-6-4-3-5-7-18/h8-11,14-15,18-19H,3-7,12-13H2,1-2H3. The lowest BCUT2D eigenvalue weighted by Gasteiger charge is -2.25. The van der Waals surface area contributed by atoms with E-state index in [4.69, 9.17) is 19.3 Å². The SMILES string of the molecule is CC(O)OCc1ccc(COC(C)OC2CCCCC2)cc1. The van der Waals surface area contributed by atoms with Crippen molar-refractivity contribution in [3.8, 4) is 0 Å². The van der Waals surface area contributed by atoms with E-state index >= 15 is 0 Å². The maximum absolute atomic E-state index is 9.09. The minimum absolute atomic E-state index is 0.165. The Hall–Kier alpha value is -0.940. The maximum Gasteiger partial charge on any atom is 0.155 e. The van der Waals surface area contributed by atoms with Gasteiger partial charge in [0.15, 0.2) is 12.6 Å². The topological polar surface area (TPSA) is 47.9 Å². The summed E-state index contributed by atoms with van der Waals surface area (Å²) in [6.07, 6.45) is 5.66. The van der Waals surface area contributed by atoms with E-state index in [0.29, 0.717) is 19.3 Å². The first-order valence-corrected chi connectivity index (χ1v) is 8.28. The lowest BCUT2D eigenvalue weighted by Crippen LogP contribution is -2.24. The van der Waals surface area contributed by atoms with Gasteiger partial charge in [-0.1, -0.05) is 43.5 Å². The Balaban J connectivity index is 1.69. The van der Waals surface area contributed by atoms with Gasteiger partial charge in [0.25, 0.3) is 0 Å². The molecule has 1 aliphatic carbocycles. The molecule has 2 rings (SSSR count). The van der Waals surface area contributed by atoms with Crippen LogP contribution in [0.25, 0.3) is 0 Å². The third-order valence-electron chi connectivity index (χ3n) is 3.94. The molecular weight excluding hydrogens is 280 g/mol. The summed E-state index contributed by atoms with van der Waals surface area (Å²) < 4.78 is 16.9. The molecule has 1 aromatic rings. The first-order chi connectivity index (χ1) is 10.6. The van der Waals surface area contributed by atoms with E-state index in [1.54, 1.807) is 6.92 Å². The summed E-state index contributed by atoms with van der Waals surface area (Å²) >= 11 is 0. The van der Waals surface area contributed by atoms with E-state index in [9.17, 15) is 0 Å². The average Bonchev–Trinajstić information content (AvgIpc) is 2.53. The summed E-state index contributed by atoms with van der Waals surface area (Å²) in [6.45, 7) is 4.54. The molecule has 2 unspecified atom stereocenters. The zero-order chi connectivity index (χ0) is 15.8. The normalized spacial score (nSPS) is 19.0. The molecule has 1 aliphatic rings. The highest BCUT2D eigenvalue weighted by molar-refractivity contribution is 5.21. The van der Waals surface area contributed by atoms with Gasteiger partial charge in [0.1, 0.15) is 0 Å². The van der Waals surface area contributed by atoms with E-state index in [1.807, 2.05) is 31.2 Å². The molecule has 124 valence electrons. The lowest BCUT2D eigenvalue weighted by molar-refractivity contribution is -0.172. The third-order valence-corrected chi connectivity index (χ3v) is 3.94. The van der Waals surface area contributed by atoms with Crippen molar-refractivity contribution < 1.29 is 19.3 Å². The van der Waals surface area contributed by atoms with Crippen LogP contribution in [0.2, 0.25) is 0 Å². The molecule has 0 aliphatic heterocycles. The second-order valence-electron chi connectivity index (χ2n) is 6.00. The van der Waals surface area contributed by atoms with Gasteiger partial charge in [-0.15, -0.1) is 0 Å². The molecule has 0 saturated heterocycles. The highest BCUT2D eigenvalue weighted by atomic mass is 16.7. The molecule has 0 bridgehead atoms. The van der Waals surface area contributed by atoms with Crippen LogP contribution in [0, 0.1) is 0 Å². The molecule has 0 amide bonds. The number of ether oxygens (including phenoxy) is 3. The summed E-state index contributed by atoms with van der Waals surface area (Å²) in [6, 6.07) is 8.03. The monoisotopic (exact) mass is 308 g/mol. The van der Waals surface area contributed by atoms with Crippen LogP contribution < -0.4 is 0 Å². The summed E-state index contributed by atoms with van der Waals surface area (Å²) in [5.74, 6) is 0. The van der Waals surface area contributed by atoms with Gasteiger partial charge in [0.2, 0.25) is 0 Å². The third kappa shape index (κ3) is 6.44. The number of benzene rings is 1. The highest BCUT2D eigenvalue weighted by Crippen LogP contribution is 2.22. The van der Waals surface area contributed by atoms with Gasteiger partial charge >= 0.3 is 0 Å². The van der Waals surface area contributed by atoms with Crippen LogP contribution in [0.1, 0.15) is 57.1 Å². The molecule has 2 atom stereocenters. The molecule has 0 heterocycles. The Morgan fingerprint density at radius 2 is 1.50 bits per heavy atom. The van der Waals surface area contributed by atoms with E-state index in [1.165, 1.54) is 19.3 Å². The molecule has 4 heteroatoms. The van der Waals surface area contributed by atoms with Gasteiger partial charge in [-0.05, 0) is 37.8 Å². The predicted molar refractivity (Wildman–Crippen MR) is 85.1 cm³/mol. The summed E-state index contributed by atoms with van der Waals surface area (Å²) in [5, 5.41) is 9.09. The fraction of sp³-hybridized carbons (Fsp3) is 0.667. The van der Waals surface area contributed by atoms with Crippen LogP contribution in [-0.2, 0) is 27.4 Å². The van der Waals surface area contributed by atoms with E-state index in [2.05, 4.69) is 0 Å². The van der Waals surface area contributed by atoms with Crippen LogP contribution in [0.3, 0.4) is 0 Å². The van der Waals surface area contributed by atoms with Crippen molar-refractivity contribution in [1.29, 1.82) is 0 Å². The van der Waals surface area contributed by atoms with Gasteiger partial charge in [-0.25, -0.2) is 0 Å². The number of hydrogen-bond acceptors (Lipinski definition) is 4. The highest BCUT2D eigenvalue weighted by Gasteiger charge is 2.16. The van der Waals surface area contributed by atoms with Crippen molar-refractivity contribution >= 4 is 0 Å². The predicted octanol–water partition coefficient (Wildman–Crippen LogP) is 3.75. The Bertz CT molecular complexity index is 410. The molecular formula is C18H28O4. The second kappa shape index (κ2) is 9.26. The first kappa shape index (κ1) is 17.4. The molecule has 0 radical (unpaired) electrons. The zero-order valence-corrected chi connectivity index (χ0v) is 13.7. The smallest absolute Gasteiger partial charge is 0.155 e. The fourth-order valence-corrected chi connectivity index (χ4v) is 2.67. The van der Waals surface area contributed by atoms with Crippen molar-refractivity contribution in [2.45, 2.75) is 77.8 Å². The van der Waals surface area contributed by atoms with Crippen molar-refractivity contribution in [2.24, 2.45) is 0 Å². The van der Waals surface area contributed by atoms with Crippen LogP contribution in [0.4, 0.5) is 0 Å². The Morgan fingerprint density at radius 3 is 2.05 bits per heavy atom. The summed E-state index contributed by atoms with van der Waals surface area (Å²) in [5.41, 5.74) is 2.15. The molecule has 22 heavy (non-hydrogen) atoms. The number of hydrogen-bond donors (Lipinski definition) is 1. The summed E-state index contributed by atoms with van der Waals surface area (Å²) in [4.78, 5) is 0. The molecule has 0 spiro atoms. The minimum atomic E-state index is -0.735. The minimum Gasteiger partial charge on any atom is -0.368 e. The Labute approximate surface area is 133 Å². The van der Waals surface area contributed by atoms with Crippen molar-refractivity contribution in [1.82, 2.24) is 0 Å². The largest absolute Gasteiger partial charge is 0.368 e. The average molecular weight is 308 g/mol. The first-order valence-electron chi connectivity index (χ1n) is 8.28. The van der Waals surface area contributed by atoms with Crippen LogP contribution >= 0.6 is 0 Å². The van der Waals surface area contributed by atoms with Gasteiger partial charge in [0, 0.05) is 0 Å². The van der Waals surface area contributed by atoms with E-state index in [-0.39, 0.29) is 6.29 Å². The van der Waals surface area contributed by atoms with Crippen LogP contribution in [0.15, 0.2) is 24.3 Å². The molecule has 0 aromatic heterocycles. The molecule has 4 nitrogen and oxygen atoms in total. The van der Waals surface area contributed by atoms with Crippen LogP contribution in [-0.4, -0.2) is 23.8 Å². The quantitative estimate of drug-likeness (QED) is 0.743. The number of rotatable bonds is 8. The number of aliphatic hydroxyl groups excluding tert-OH is 1. The fourth-order valence-electron chi connectivity index (χ4n) is 2.67. The molecule has 1 saturated carbocycles. The summed E-state index contributed by atoms with van der Waals surface area (Å²) in [7, 11) is 0. The second-order valence-corrected chi connectivity index (χ2v) is 6.00. The molecule has 1 aromatic carbocycles. The van der Waals surface area contributed by atoms with Gasteiger partial charge in [0.05, 0.1) is 19.3 Å². The maximum atomic E-state index is 9.09. The lowest BCUT2D eigenvalue weighted by atomic mass is 9.98. The molecule has 1 fully saturated rings. The Kier molecular flexibility index (Phi) is 7.33. The van der Waals surface area contributed by atoms with Gasteiger partial charge in [-0.3, -0.25) is 0 Å². The van der Waals surface area contributed by atoms with Crippen LogP contribution in [0.5, 0.6) is 0 Å². The van der Waals surface area contributed by atoms with Crippen molar-refractivity contribution in [2.75, 3.05) is 0 Å². The van der Waals surface area contributed by atoms with Gasteiger partial charge in [-0.2, -0.15) is 0 Å². The van der Waals surface area contributed by atoms with E-state index < -0.39 is 6.29 Å². The van der Waals surface area contributed by atoms with E-state index in [0.717, 1.165) is 24.0 Å². The molecule has 1 N–H and O–H groups in total. The number of aliphatic hydroxyl groups is 1. The van der Waals surface area contributed by atoms with Crippen molar-refractivity contribution in [3.05, 3.63) is 35.4 Å². The van der Waals surface area contributed by atoms with Crippen molar-refractivity contribution in [3.63, 3.8) is 0 Å².